The fraction of sp³-hybridized carbons (Fsp3) is 0.333. The molecular weight excluding hydrogens is 342 g/mol. The van der Waals surface area contributed by atoms with Gasteiger partial charge in [0.2, 0.25) is 0 Å². The molecule has 1 heterocycles. The van der Waals surface area contributed by atoms with E-state index in [0.717, 1.165) is 25.3 Å². The molecule has 2 aromatic carbocycles. The molecule has 2 aromatic rings. The number of benzene rings is 2. The zero-order valence-corrected chi connectivity index (χ0v) is 15.8. The molecule has 0 bridgehead atoms. The monoisotopic (exact) mass is 366 g/mol. The Bertz CT molecular complexity index is 889. The van der Waals surface area contributed by atoms with Gasteiger partial charge in [0, 0.05) is 17.7 Å². The van der Waals surface area contributed by atoms with Gasteiger partial charge in [-0.2, -0.15) is 5.26 Å². The van der Waals surface area contributed by atoms with Gasteiger partial charge in [-0.1, -0.05) is 6.07 Å². The first-order valence-electron chi connectivity index (χ1n) is 8.95. The molecule has 0 aromatic heterocycles. The Labute approximate surface area is 159 Å². The van der Waals surface area contributed by atoms with E-state index in [1.807, 2.05) is 19.1 Å². The number of methoxy groups -OCH3 is 2. The molecule has 1 aliphatic heterocycles. The molecular formula is C21H24N3O3+. The largest absolute Gasteiger partial charge is 0.493 e. The zero-order chi connectivity index (χ0) is 19.4. The van der Waals surface area contributed by atoms with E-state index in [1.54, 1.807) is 38.5 Å². The van der Waals surface area contributed by atoms with Crippen LogP contribution in [0.15, 0.2) is 36.4 Å². The highest BCUT2D eigenvalue weighted by molar-refractivity contribution is 5.93. The van der Waals surface area contributed by atoms with Crippen molar-refractivity contribution in [3.8, 4) is 17.6 Å². The van der Waals surface area contributed by atoms with E-state index >= 15 is 0 Å². The van der Waals surface area contributed by atoms with E-state index in [4.69, 9.17) is 14.7 Å². The average Bonchev–Trinajstić information content (AvgIpc) is 2.71. The van der Waals surface area contributed by atoms with Gasteiger partial charge in [-0.25, -0.2) is 0 Å². The van der Waals surface area contributed by atoms with E-state index in [2.05, 4.69) is 11.4 Å². The van der Waals surface area contributed by atoms with Crippen LogP contribution < -0.4 is 19.7 Å². The normalized spacial score (nSPS) is 16.6. The van der Waals surface area contributed by atoms with E-state index in [-0.39, 0.29) is 11.9 Å². The van der Waals surface area contributed by atoms with Crippen LogP contribution in [-0.4, -0.2) is 32.7 Å². The number of nitrogens with one attached hydrogen (secondary N) is 2. The summed E-state index contributed by atoms with van der Waals surface area (Å²) in [5.41, 5.74) is 3.60. The van der Waals surface area contributed by atoms with E-state index in [1.165, 1.54) is 16.0 Å². The maximum Gasteiger partial charge on any atom is 0.282 e. The summed E-state index contributed by atoms with van der Waals surface area (Å²) in [4.78, 5) is 13.9. The van der Waals surface area contributed by atoms with Gasteiger partial charge in [0.15, 0.2) is 17.5 Å². The first kappa shape index (κ1) is 18.7. The molecule has 6 heteroatoms. The summed E-state index contributed by atoms with van der Waals surface area (Å²) in [6.45, 7) is 3.56. The van der Waals surface area contributed by atoms with E-state index < -0.39 is 0 Å². The quantitative estimate of drug-likeness (QED) is 0.842. The van der Waals surface area contributed by atoms with E-state index in [0.29, 0.717) is 17.0 Å². The van der Waals surface area contributed by atoms with Gasteiger partial charge in [0.1, 0.15) is 6.54 Å². The summed E-state index contributed by atoms with van der Waals surface area (Å²) >= 11 is 0. The first-order chi connectivity index (χ1) is 13.0. The highest BCUT2D eigenvalue weighted by Gasteiger charge is 2.30. The molecule has 0 spiro atoms. The summed E-state index contributed by atoms with van der Waals surface area (Å²) in [5.74, 6) is 1.40. The van der Waals surface area contributed by atoms with Crippen molar-refractivity contribution < 1.29 is 19.2 Å². The Balaban J connectivity index is 1.72. The lowest BCUT2D eigenvalue weighted by Gasteiger charge is -2.30. The van der Waals surface area contributed by atoms with Crippen LogP contribution in [0.3, 0.4) is 0 Å². The second-order valence-electron chi connectivity index (χ2n) is 6.71. The van der Waals surface area contributed by atoms with Crippen molar-refractivity contribution in [2.24, 2.45) is 0 Å². The van der Waals surface area contributed by atoms with Gasteiger partial charge < -0.3 is 19.7 Å². The minimum absolute atomic E-state index is 0.0518. The topological polar surface area (TPSA) is 75.8 Å². The predicted octanol–water partition coefficient (Wildman–Crippen LogP) is 1.54. The Morgan fingerprint density at radius 3 is 2.56 bits per heavy atom. The number of hydrogen-bond donors (Lipinski definition) is 2. The number of amides is 1. The Kier molecular flexibility index (Phi) is 5.63. The van der Waals surface area contributed by atoms with E-state index in [9.17, 15) is 4.79 Å². The van der Waals surface area contributed by atoms with Crippen LogP contribution in [0, 0.1) is 11.3 Å². The number of carbonyl (C=O) groups is 1. The van der Waals surface area contributed by atoms with Crippen LogP contribution in [0.25, 0.3) is 0 Å². The number of anilines is 1. The molecule has 140 valence electrons. The van der Waals surface area contributed by atoms with Crippen LogP contribution in [0.1, 0.15) is 23.6 Å². The third kappa shape index (κ3) is 4.04. The summed E-state index contributed by atoms with van der Waals surface area (Å²) in [6, 6.07) is 12.9. The molecule has 0 saturated carbocycles. The second-order valence-corrected chi connectivity index (χ2v) is 6.71. The summed E-state index contributed by atoms with van der Waals surface area (Å²) in [7, 11) is 3.27. The van der Waals surface area contributed by atoms with Gasteiger partial charge in [-0.15, -0.1) is 0 Å². The number of carbonyl (C=O) groups excluding carboxylic acids is 1. The smallest absolute Gasteiger partial charge is 0.282 e. The highest BCUT2D eigenvalue weighted by atomic mass is 16.5. The lowest BCUT2D eigenvalue weighted by Crippen LogP contribution is -3.16. The predicted molar refractivity (Wildman–Crippen MR) is 102 cm³/mol. The fourth-order valence-corrected chi connectivity index (χ4v) is 3.46. The molecule has 27 heavy (non-hydrogen) atoms. The molecule has 0 aliphatic carbocycles. The third-order valence-electron chi connectivity index (χ3n) is 5.10. The SMILES string of the molecule is COc1cc2c(cc1OC)C[NH+]([C@@H](C)C(=O)Nc1cccc(C#N)c1)CC2. The molecule has 6 nitrogen and oxygen atoms in total. The molecule has 0 saturated heterocycles. The first-order valence-corrected chi connectivity index (χ1v) is 8.95. The molecule has 2 N–H and O–H groups in total. The van der Waals surface area contributed by atoms with Gasteiger partial charge >= 0.3 is 0 Å². The summed E-state index contributed by atoms with van der Waals surface area (Å²) in [6.07, 6.45) is 0.882. The van der Waals surface area contributed by atoms with Crippen molar-refractivity contribution >= 4 is 11.6 Å². The van der Waals surface area contributed by atoms with Crippen LogP contribution >= 0.6 is 0 Å². The van der Waals surface area contributed by atoms with Crippen molar-refractivity contribution in [3.05, 3.63) is 53.1 Å². The fourth-order valence-electron chi connectivity index (χ4n) is 3.46. The van der Waals surface area contributed by atoms with Crippen molar-refractivity contribution in [1.29, 1.82) is 5.26 Å². The van der Waals surface area contributed by atoms with Crippen LogP contribution in [0.4, 0.5) is 5.69 Å². The molecule has 1 unspecified atom stereocenters. The standard InChI is InChI=1S/C21H23N3O3/c1-14(21(25)23-18-6-4-5-15(9-18)12-22)24-8-7-16-10-19(26-2)20(27-3)11-17(16)13-24/h4-6,9-11,14H,7-8,13H2,1-3H3,(H,23,25)/p+1/t14-/m0/s1. The Morgan fingerprint density at radius 1 is 1.19 bits per heavy atom. The van der Waals surface area contributed by atoms with Gasteiger partial charge in [0.05, 0.1) is 32.4 Å². The Hall–Kier alpha value is -3.04. The third-order valence-corrected chi connectivity index (χ3v) is 5.10. The molecule has 1 amide bonds. The van der Waals surface area contributed by atoms with Crippen molar-refractivity contribution in [1.82, 2.24) is 0 Å². The second kappa shape index (κ2) is 8.11. The maximum absolute atomic E-state index is 12.7. The zero-order valence-electron chi connectivity index (χ0n) is 15.8. The van der Waals surface area contributed by atoms with Crippen molar-refractivity contribution in [3.63, 3.8) is 0 Å². The average molecular weight is 366 g/mol. The van der Waals surface area contributed by atoms with Gasteiger partial charge in [0.25, 0.3) is 5.91 Å². The number of nitrogens with zero attached hydrogens (tertiary/aromatic N) is 1. The molecule has 2 atom stereocenters. The minimum Gasteiger partial charge on any atom is -0.493 e. The lowest BCUT2D eigenvalue weighted by molar-refractivity contribution is -0.929. The molecule has 3 rings (SSSR count). The highest BCUT2D eigenvalue weighted by Crippen LogP contribution is 2.31. The van der Waals surface area contributed by atoms with Crippen molar-refractivity contribution in [2.75, 3.05) is 26.1 Å². The van der Waals surface area contributed by atoms with Gasteiger partial charge in [-0.05, 0) is 42.8 Å². The number of rotatable bonds is 5. The van der Waals surface area contributed by atoms with Crippen LogP contribution in [0.2, 0.25) is 0 Å². The summed E-state index contributed by atoms with van der Waals surface area (Å²) < 4.78 is 10.8. The maximum atomic E-state index is 12.7. The summed E-state index contributed by atoms with van der Waals surface area (Å²) in [5, 5.41) is 11.9. The lowest BCUT2D eigenvalue weighted by atomic mass is 9.97. The Morgan fingerprint density at radius 2 is 1.89 bits per heavy atom. The number of ether oxygens (including phenoxy) is 2. The number of hydrogen-bond acceptors (Lipinski definition) is 4. The van der Waals surface area contributed by atoms with Gasteiger partial charge in [-0.3, -0.25) is 4.79 Å². The number of fused-ring (bicyclic) bond motifs is 1. The van der Waals surface area contributed by atoms with Crippen LogP contribution in [0.5, 0.6) is 11.5 Å². The number of nitriles is 1. The van der Waals surface area contributed by atoms with Crippen molar-refractivity contribution in [2.45, 2.75) is 25.9 Å². The minimum atomic E-state index is -0.211. The van der Waals surface area contributed by atoms with Crippen LogP contribution in [-0.2, 0) is 17.8 Å². The molecule has 1 aliphatic rings. The molecule has 0 radical (unpaired) electrons. The number of quaternary nitrogens is 1. The molecule has 0 fully saturated rings.